The molecule has 0 aliphatic carbocycles. The Morgan fingerprint density at radius 1 is 1.53 bits per heavy atom. The Morgan fingerprint density at radius 3 is 2.82 bits per heavy atom. The summed E-state index contributed by atoms with van der Waals surface area (Å²) in [5.41, 5.74) is 2.30. The summed E-state index contributed by atoms with van der Waals surface area (Å²) in [6.45, 7) is 9.33. The highest BCUT2D eigenvalue weighted by atomic mass is 16.5. The van der Waals surface area contributed by atoms with Crippen molar-refractivity contribution in [2.75, 3.05) is 13.2 Å². The van der Waals surface area contributed by atoms with Crippen LogP contribution >= 0.6 is 0 Å². The van der Waals surface area contributed by atoms with Crippen molar-refractivity contribution in [1.29, 1.82) is 0 Å². The van der Waals surface area contributed by atoms with Gasteiger partial charge >= 0.3 is 0 Å². The number of hydrogen-bond acceptors (Lipinski definition) is 3. The molecule has 2 heterocycles. The van der Waals surface area contributed by atoms with Gasteiger partial charge in [0, 0.05) is 17.7 Å². The predicted octanol–water partition coefficient (Wildman–Crippen LogP) is 1.81. The highest BCUT2D eigenvalue weighted by Gasteiger charge is 2.33. The van der Waals surface area contributed by atoms with E-state index in [1.807, 2.05) is 6.92 Å². The maximum absolute atomic E-state index is 9.33. The Bertz CT molecular complexity index is 393. The molecule has 1 saturated heterocycles. The number of ether oxygens (including phenoxy) is 1. The van der Waals surface area contributed by atoms with E-state index in [1.54, 1.807) is 0 Å². The average molecular weight is 238 g/mol. The summed E-state index contributed by atoms with van der Waals surface area (Å²) in [7, 11) is 0. The van der Waals surface area contributed by atoms with Crippen LogP contribution in [0, 0.1) is 6.92 Å². The van der Waals surface area contributed by atoms with E-state index in [1.165, 1.54) is 5.69 Å². The number of aromatic nitrogens is 2. The Kier molecular flexibility index (Phi) is 3.27. The van der Waals surface area contributed by atoms with Gasteiger partial charge in [-0.3, -0.25) is 4.68 Å². The van der Waals surface area contributed by atoms with E-state index in [4.69, 9.17) is 4.74 Å². The van der Waals surface area contributed by atoms with Crippen molar-refractivity contribution < 1.29 is 9.84 Å². The summed E-state index contributed by atoms with van der Waals surface area (Å²) < 4.78 is 7.59. The first kappa shape index (κ1) is 12.6. The topological polar surface area (TPSA) is 47.3 Å². The van der Waals surface area contributed by atoms with Crippen LogP contribution in [0.5, 0.6) is 0 Å². The van der Waals surface area contributed by atoms with Gasteiger partial charge in [-0.05, 0) is 19.4 Å². The van der Waals surface area contributed by atoms with Crippen molar-refractivity contribution >= 4 is 0 Å². The molecule has 0 radical (unpaired) electrons. The molecule has 1 aromatic heterocycles. The molecule has 0 saturated carbocycles. The van der Waals surface area contributed by atoms with Gasteiger partial charge in [0.2, 0.25) is 0 Å². The van der Waals surface area contributed by atoms with Crippen LogP contribution in [0.3, 0.4) is 0 Å². The van der Waals surface area contributed by atoms with Gasteiger partial charge in [0.15, 0.2) is 0 Å². The smallest absolute Gasteiger partial charge is 0.103 e. The SMILES string of the molecule is Cc1cc(C(C)(C)C)n(C2CCOC2CO)n1. The monoisotopic (exact) mass is 238 g/mol. The Balaban J connectivity index is 2.38. The third-order valence-corrected chi connectivity index (χ3v) is 3.30. The predicted molar refractivity (Wildman–Crippen MR) is 66.1 cm³/mol. The maximum Gasteiger partial charge on any atom is 0.103 e. The molecule has 4 heteroatoms. The molecular weight excluding hydrogens is 216 g/mol. The molecule has 1 N–H and O–H groups in total. The summed E-state index contributed by atoms with van der Waals surface area (Å²) >= 11 is 0. The fraction of sp³-hybridized carbons (Fsp3) is 0.769. The number of aliphatic hydroxyl groups excluding tert-OH is 1. The summed E-state index contributed by atoms with van der Waals surface area (Å²) in [4.78, 5) is 0. The van der Waals surface area contributed by atoms with Gasteiger partial charge in [-0.25, -0.2) is 0 Å². The molecule has 0 aromatic carbocycles. The first-order valence-corrected chi connectivity index (χ1v) is 6.22. The molecule has 4 nitrogen and oxygen atoms in total. The lowest BCUT2D eigenvalue weighted by Gasteiger charge is -2.25. The molecule has 2 unspecified atom stereocenters. The number of hydrogen-bond donors (Lipinski definition) is 1. The minimum atomic E-state index is -0.115. The summed E-state index contributed by atoms with van der Waals surface area (Å²) in [6.07, 6.45) is 0.811. The van der Waals surface area contributed by atoms with Crippen LogP contribution in [0.25, 0.3) is 0 Å². The van der Waals surface area contributed by atoms with Gasteiger partial charge in [-0.2, -0.15) is 5.10 Å². The van der Waals surface area contributed by atoms with Crippen molar-refractivity contribution in [3.05, 3.63) is 17.5 Å². The summed E-state index contributed by atoms with van der Waals surface area (Å²) in [5, 5.41) is 13.9. The molecule has 0 amide bonds. The molecule has 0 spiro atoms. The molecule has 0 bridgehead atoms. The molecule has 1 aliphatic rings. The molecule has 2 rings (SSSR count). The van der Waals surface area contributed by atoms with E-state index in [-0.39, 0.29) is 24.2 Å². The average Bonchev–Trinajstić information content (AvgIpc) is 2.81. The minimum Gasteiger partial charge on any atom is -0.394 e. The third kappa shape index (κ3) is 2.38. The van der Waals surface area contributed by atoms with Crippen LogP contribution in [-0.2, 0) is 10.2 Å². The molecular formula is C13H22N2O2. The summed E-state index contributed by atoms with van der Waals surface area (Å²) in [5.74, 6) is 0. The van der Waals surface area contributed by atoms with Crippen LogP contribution < -0.4 is 0 Å². The highest BCUT2D eigenvalue weighted by Crippen LogP contribution is 2.31. The van der Waals surface area contributed by atoms with Crippen LogP contribution in [0.1, 0.15) is 44.6 Å². The largest absolute Gasteiger partial charge is 0.394 e. The number of aliphatic hydroxyl groups is 1. The zero-order valence-electron chi connectivity index (χ0n) is 11.1. The standard InChI is InChI=1S/C13H22N2O2/c1-9-7-12(13(2,3)4)15(14-9)10-5-6-17-11(10)8-16/h7,10-11,16H,5-6,8H2,1-4H3. The number of rotatable bonds is 2. The molecule has 17 heavy (non-hydrogen) atoms. The van der Waals surface area contributed by atoms with E-state index in [0.29, 0.717) is 6.61 Å². The van der Waals surface area contributed by atoms with Crippen LogP contribution in [-0.4, -0.2) is 34.2 Å². The summed E-state index contributed by atoms with van der Waals surface area (Å²) in [6, 6.07) is 2.30. The van der Waals surface area contributed by atoms with Gasteiger partial charge < -0.3 is 9.84 Å². The first-order valence-electron chi connectivity index (χ1n) is 6.22. The lowest BCUT2D eigenvalue weighted by atomic mass is 9.91. The number of aryl methyl sites for hydroxylation is 1. The van der Waals surface area contributed by atoms with Gasteiger partial charge in [0.25, 0.3) is 0 Å². The number of nitrogens with zero attached hydrogens (tertiary/aromatic N) is 2. The quantitative estimate of drug-likeness (QED) is 0.854. The fourth-order valence-corrected chi connectivity index (χ4v) is 2.42. The van der Waals surface area contributed by atoms with Crippen molar-refractivity contribution in [3.63, 3.8) is 0 Å². The third-order valence-electron chi connectivity index (χ3n) is 3.30. The van der Waals surface area contributed by atoms with Gasteiger partial charge in [0.1, 0.15) is 6.10 Å². The van der Waals surface area contributed by atoms with E-state index >= 15 is 0 Å². The minimum absolute atomic E-state index is 0.0594. The second-order valence-corrected chi connectivity index (χ2v) is 5.81. The van der Waals surface area contributed by atoms with Gasteiger partial charge in [0.05, 0.1) is 18.3 Å². The van der Waals surface area contributed by atoms with Crippen molar-refractivity contribution in [1.82, 2.24) is 9.78 Å². The van der Waals surface area contributed by atoms with E-state index in [2.05, 4.69) is 36.6 Å². The molecule has 2 atom stereocenters. The lowest BCUT2D eigenvalue weighted by Crippen LogP contribution is -2.29. The van der Waals surface area contributed by atoms with Gasteiger partial charge in [-0.15, -0.1) is 0 Å². The van der Waals surface area contributed by atoms with Gasteiger partial charge in [-0.1, -0.05) is 20.8 Å². The van der Waals surface area contributed by atoms with Crippen LogP contribution in [0.2, 0.25) is 0 Å². The first-order chi connectivity index (χ1) is 7.93. The van der Waals surface area contributed by atoms with Crippen molar-refractivity contribution in [2.45, 2.75) is 51.7 Å². The normalized spacial score (nSPS) is 25.5. The second kappa shape index (κ2) is 4.42. The molecule has 96 valence electrons. The Labute approximate surface area is 103 Å². The second-order valence-electron chi connectivity index (χ2n) is 5.81. The van der Waals surface area contributed by atoms with E-state index in [0.717, 1.165) is 12.1 Å². The van der Waals surface area contributed by atoms with Crippen molar-refractivity contribution in [3.8, 4) is 0 Å². The van der Waals surface area contributed by atoms with E-state index in [9.17, 15) is 5.11 Å². The van der Waals surface area contributed by atoms with Crippen LogP contribution in [0.15, 0.2) is 6.07 Å². The fourth-order valence-electron chi connectivity index (χ4n) is 2.42. The molecule has 1 fully saturated rings. The lowest BCUT2D eigenvalue weighted by molar-refractivity contribution is 0.0390. The zero-order valence-corrected chi connectivity index (χ0v) is 11.1. The van der Waals surface area contributed by atoms with Crippen LogP contribution in [0.4, 0.5) is 0 Å². The molecule has 1 aliphatic heterocycles. The maximum atomic E-state index is 9.33. The zero-order chi connectivity index (χ0) is 12.6. The Hall–Kier alpha value is -0.870. The Morgan fingerprint density at radius 2 is 2.24 bits per heavy atom. The molecule has 1 aromatic rings. The van der Waals surface area contributed by atoms with E-state index < -0.39 is 0 Å². The van der Waals surface area contributed by atoms with Crippen molar-refractivity contribution in [2.24, 2.45) is 0 Å². The highest BCUT2D eigenvalue weighted by molar-refractivity contribution is 5.18.